The third-order valence-corrected chi connectivity index (χ3v) is 5.47. The molecule has 0 radical (unpaired) electrons. The molecule has 142 valence electrons. The highest BCUT2D eigenvalue weighted by Gasteiger charge is 2.21. The number of fused-ring (bicyclic) bond motifs is 1. The van der Waals surface area contributed by atoms with Crippen LogP contribution in [0.2, 0.25) is 0 Å². The van der Waals surface area contributed by atoms with Crippen molar-refractivity contribution >= 4 is 46.3 Å². The van der Waals surface area contributed by atoms with Crippen LogP contribution in [0.4, 0.5) is 11.5 Å². The van der Waals surface area contributed by atoms with Crippen molar-refractivity contribution in [3.8, 4) is 0 Å². The van der Waals surface area contributed by atoms with Gasteiger partial charge in [-0.15, -0.1) is 0 Å². The van der Waals surface area contributed by atoms with Gasteiger partial charge < -0.3 is 16.8 Å². The number of aromatic nitrogens is 1. The molecule has 1 heterocycles. The van der Waals surface area contributed by atoms with E-state index in [-0.39, 0.29) is 0 Å². The largest absolute Gasteiger partial charge is 0.398 e. The molecule has 0 amide bonds. The van der Waals surface area contributed by atoms with Gasteiger partial charge in [0.25, 0.3) is 0 Å². The number of pyridine rings is 1. The lowest BCUT2D eigenvalue weighted by atomic mass is 10.0. The highest BCUT2D eigenvalue weighted by molar-refractivity contribution is 7.98. The third-order valence-electron chi connectivity index (χ3n) is 4.30. The van der Waals surface area contributed by atoms with Crippen LogP contribution in [0.15, 0.2) is 41.9 Å². The van der Waals surface area contributed by atoms with Crippen molar-refractivity contribution in [2.45, 2.75) is 18.1 Å². The van der Waals surface area contributed by atoms with Crippen molar-refractivity contribution in [3.05, 3.63) is 48.1 Å². The first-order chi connectivity index (χ1) is 13.1. The summed E-state index contributed by atoms with van der Waals surface area (Å²) in [6.07, 6.45) is 8.01. The Hall–Kier alpha value is -2.51. The molecule has 1 aromatic carbocycles. The molecule has 0 saturated heterocycles. The average molecular weight is 383 g/mol. The lowest BCUT2D eigenvalue weighted by Gasteiger charge is -2.11. The Morgan fingerprint density at radius 2 is 2.22 bits per heavy atom. The molecule has 1 aromatic heterocycles. The van der Waals surface area contributed by atoms with E-state index >= 15 is 0 Å². The Labute approximate surface area is 164 Å². The van der Waals surface area contributed by atoms with Gasteiger partial charge in [-0.05, 0) is 30.5 Å². The number of allylic oxidation sites excluding steroid dienone is 2. The molecule has 6 nitrogen and oxygen atoms in total. The van der Waals surface area contributed by atoms with Crippen molar-refractivity contribution < 1.29 is 0 Å². The fourth-order valence-electron chi connectivity index (χ4n) is 2.70. The summed E-state index contributed by atoms with van der Waals surface area (Å²) in [7, 11) is 1.87. The van der Waals surface area contributed by atoms with E-state index in [1.165, 1.54) is 12.8 Å². The van der Waals surface area contributed by atoms with Gasteiger partial charge in [0.15, 0.2) is 0 Å². The van der Waals surface area contributed by atoms with Crippen LogP contribution in [-0.2, 0) is 0 Å². The van der Waals surface area contributed by atoms with Gasteiger partial charge in [0.1, 0.15) is 5.82 Å². The van der Waals surface area contributed by atoms with Crippen LogP contribution in [0.5, 0.6) is 0 Å². The first kappa shape index (κ1) is 19.3. The molecule has 1 saturated carbocycles. The first-order valence-electron chi connectivity index (χ1n) is 9.02. The summed E-state index contributed by atoms with van der Waals surface area (Å²) in [5, 5.41) is 4.81. The SMILES string of the molecule is C=C/C=C(\NC)c1ccc2c(N)c(C=NCCNSC3CC3)c(N)nc2c1. The van der Waals surface area contributed by atoms with Crippen LogP contribution in [-0.4, -0.2) is 36.6 Å². The van der Waals surface area contributed by atoms with Gasteiger partial charge in [-0.2, -0.15) is 0 Å². The second kappa shape index (κ2) is 8.92. The van der Waals surface area contributed by atoms with Crippen molar-refractivity contribution in [1.29, 1.82) is 0 Å². The van der Waals surface area contributed by atoms with E-state index in [0.717, 1.165) is 34.0 Å². The average Bonchev–Trinajstić information content (AvgIpc) is 3.48. The van der Waals surface area contributed by atoms with Crippen LogP contribution in [0.25, 0.3) is 16.6 Å². The number of rotatable bonds is 9. The van der Waals surface area contributed by atoms with Crippen LogP contribution in [0, 0.1) is 0 Å². The molecular formula is C20H26N6S. The minimum absolute atomic E-state index is 0.389. The topological polar surface area (TPSA) is 101 Å². The van der Waals surface area contributed by atoms with E-state index in [1.54, 1.807) is 24.2 Å². The van der Waals surface area contributed by atoms with Crippen LogP contribution in [0.1, 0.15) is 24.0 Å². The van der Waals surface area contributed by atoms with Gasteiger partial charge in [0, 0.05) is 36.1 Å². The molecule has 27 heavy (non-hydrogen) atoms. The zero-order valence-corrected chi connectivity index (χ0v) is 16.4. The quantitative estimate of drug-likeness (QED) is 0.230. The van der Waals surface area contributed by atoms with Crippen molar-refractivity contribution in [1.82, 2.24) is 15.0 Å². The Balaban J connectivity index is 1.78. The number of nitrogens with zero attached hydrogens (tertiary/aromatic N) is 2. The fraction of sp³-hybridized carbons (Fsp3) is 0.300. The molecule has 0 atom stereocenters. The van der Waals surface area contributed by atoms with Crippen molar-refractivity contribution in [2.75, 3.05) is 31.6 Å². The van der Waals surface area contributed by atoms with Gasteiger partial charge in [0.05, 0.1) is 23.3 Å². The van der Waals surface area contributed by atoms with E-state index < -0.39 is 0 Å². The first-order valence-corrected chi connectivity index (χ1v) is 9.90. The van der Waals surface area contributed by atoms with Gasteiger partial charge in [-0.1, -0.05) is 36.7 Å². The fourth-order valence-corrected chi connectivity index (χ4v) is 3.52. The maximum absolute atomic E-state index is 6.35. The Morgan fingerprint density at radius 1 is 1.41 bits per heavy atom. The van der Waals surface area contributed by atoms with E-state index in [9.17, 15) is 0 Å². The predicted octanol–water partition coefficient (Wildman–Crippen LogP) is 2.96. The van der Waals surface area contributed by atoms with E-state index in [2.05, 4.69) is 26.6 Å². The molecule has 0 bridgehead atoms. The van der Waals surface area contributed by atoms with Crippen LogP contribution < -0.4 is 21.5 Å². The van der Waals surface area contributed by atoms with Gasteiger partial charge >= 0.3 is 0 Å². The molecule has 2 aromatic rings. The number of aliphatic imine (C=N–C) groups is 1. The number of hydrogen-bond acceptors (Lipinski definition) is 7. The summed E-state index contributed by atoms with van der Waals surface area (Å²) in [4.78, 5) is 8.97. The lowest BCUT2D eigenvalue weighted by molar-refractivity contribution is 0.920. The van der Waals surface area contributed by atoms with Crippen molar-refractivity contribution in [3.63, 3.8) is 0 Å². The molecule has 0 aliphatic heterocycles. The second-order valence-electron chi connectivity index (χ2n) is 6.37. The Kier molecular flexibility index (Phi) is 6.36. The summed E-state index contributed by atoms with van der Waals surface area (Å²) < 4.78 is 3.33. The monoisotopic (exact) mass is 382 g/mol. The lowest BCUT2D eigenvalue weighted by Crippen LogP contribution is -2.10. The number of anilines is 2. The Bertz CT molecular complexity index is 886. The van der Waals surface area contributed by atoms with Crippen LogP contribution >= 0.6 is 11.9 Å². The van der Waals surface area contributed by atoms with Crippen LogP contribution in [0.3, 0.4) is 0 Å². The molecule has 1 aliphatic rings. The van der Waals surface area contributed by atoms with E-state index in [0.29, 0.717) is 23.6 Å². The molecule has 1 aliphatic carbocycles. The third kappa shape index (κ3) is 4.81. The number of nitrogens with one attached hydrogen (secondary N) is 2. The maximum atomic E-state index is 6.35. The summed E-state index contributed by atoms with van der Waals surface area (Å²) in [6.45, 7) is 5.24. The molecule has 0 spiro atoms. The van der Waals surface area contributed by atoms with E-state index in [1.807, 2.05) is 31.3 Å². The summed E-state index contributed by atoms with van der Waals surface area (Å²) in [5.41, 5.74) is 16.5. The number of benzene rings is 1. The van der Waals surface area contributed by atoms with E-state index in [4.69, 9.17) is 11.5 Å². The standard InChI is InChI=1S/C20H26N6S/c1-3-4-17(23-2)13-5-8-15-18(11-13)26-20(22)16(19(15)21)12-24-9-10-25-27-14-6-7-14/h3-5,8,11-12,14,23,25H,1,6-7,9-10H2,2H3,(H4,21,22,26)/b17-4-,24-12?. The second-order valence-corrected chi connectivity index (χ2v) is 7.56. The van der Waals surface area contributed by atoms with Gasteiger partial charge in [0.2, 0.25) is 0 Å². The number of nitrogens with two attached hydrogens (primary N) is 2. The molecular weight excluding hydrogens is 356 g/mol. The summed E-state index contributed by atoms with van der Waals surface area (Å²) in [5.74, 6) is 0.389. The molecule has 7 heteroatoms. The minimum Gasteiger partial charge on any atom is -0.398 e. The number of nitrogen functional groups attached to an aromatic ring is 2. The van der Waals surface area contributed by atoms with Gasteiger partial charge in [-0.3, -0.25) is 9.71 Å². The highest BCUT2D eigenvalue weighted by Crippen LogP contribution is 2.31. The molecule has 3 rings (SSSR count). The number of hydrogen-bond donors (Lipinski definition) is 4. The van der Waals surface area contributed by atoms with Gasteiger partial charge in [-0.25, -0.2) is 4.98 Å². The molecule has 0 unspecified atom stereocenters. The molecule has 6 N–H and O–H groups in total. The predicted molar refractivity (Wildman–Crippen MR) is 119 cm³/mol. The highest BCUT2D eigenvalue weighted by atomic mass is 32.2. The summed E-state index contributed by atoms with van der Waals surface area (Å²) >= 11 is 1.80. The van der Waals surface area contributed by atoms with Crippen molar-refractivity contribution in [2.24, 2.45) is 4.99 Å². The summed E-state index contributed by atoms with van der Waals surface area (Å²) in [6, 6.07) is 5.93. The normalized spacial score (nSPS) is 14.8. The Morgan fingerprint density at radius 3 is 2.93 bits per heavy atom. The maximum Gasteiger partial charge on any atom is 0.135 e. The minimum atomic E-state index is 0.389. The zero-order valence-electron chi connectivity index (χ0n) is 15.5. The zero-order chi connectivity index (χ0) is 19.2. The molecule has 1 fully saturated rings. The smallest absolute Gasteiger partial charge is 0.135 e.